The predicted molar refractivity (Wildman–Crippen MR) is 128 cm³/mol. The first-order valence-corrected chi connectivity index (χ1v) is 9.99. The fraction of sp³-hybridized carbons (Fsp3) is 0.450. The first kappa shape index (κ1) is 22.6. The van der Waals surface area contributed by atoms with Crippen molar-refractivity contribution in [2.45, 2.75) is 25.9 Å². The van der Waals surface area contributed by atoms with Gasteiger partial charge < -0.3 is 25.0 Å². The highest BCUT2D eigenvalue weighted by molar-refractivity contribution is 14.0. The van der Waals surface area contributed by atoms with Gasteiger partial charge in [-0.2, -0.15) is 0 Å². The number of nitrogens with zero attached hydrogens (tertiary/aromatic N) is 2. The van der Waals surface area contributed by atoms with E-state index in [2.05, 4.69) is 51.0 Å². The Labute approximate surface area is 188 Å². The van der Waals surface area contributed by atoms with Crippen LogP contribution in [0.15, 0.2) is 34.6 Å². The molecule has 0 aliphatic carbocycles. The van der Waals surface area contributed by atoms with E-state index in [0.29, 0.717) is 6.04 Å². The minimum atomic E-state index is 0. The molecule has 154 valence electrons. The SMILES string of the molecule is CN=C(NCc1sccc1C)NC1CCN(c2cc(OC)cc(OC)c2)C1.I. The van der Waals surface area contributed by atoms with E-state index < -0.39 is 0 Å². The van der Waals surface area contributed by atoms with Crippen molar-refractivity contribution in [3.8, 4) is 11.5 Å². The molecule has 1 aliphatic rings. The maximum Gasteiger partial charge on any atom is 0.191 e. The summed E-state index contributed by atoms with van der Waals surface area (Å²) in [6.45, 7) is 4.83. The van der Waals surface area contributed by atoms with Gasteiger partial charge >= 0.3 is 0 Å². The largest absolute Gasteiger partial charge is 0.497 e. The van der Waals surface area contributed by atoms with Crippen LogP contribution in [0.2, 0.25) is 0 Å². The summed E-state index contributed by atoms with van der Waals surface area (Å²) in [6, 6.07) is 8.50. The molecule has 28 heavy (non-hydrogen) atoms. The number of halogens is 1. The standard InChI is InChI=1S/C20H28N4O2S.HI/c1-14-6-8-27-19(14)12-22-20(21-2)23-15-5-7-24(13-15)16-9-17(25-3)11-18(10-16)26-4;/h6,8-11,15H,5,7,12-13H2,1-4H3,(H2,21,22,23);1H. The van der Waals surface area contributed by atoms with Gasteiger partial charge in [0.1, 0.15) is 11.5 Å². The average molecular weight is 516 g/mol. The average Bonchev–Trinajstić information content (AvgIpc) is 3.33. The van der Waals surface area contributed by atoms with Crippen molar-refractivity contribution in [3.63, 3.8) is 0 Å². The molecular formula is C20H29IN4O2S. The number of hydrogen-bond donors (Lipinski definition) is 2. The van der Waals surface area contributed by atoms with Gasteiger partial charge in [0.15, 0.2) is 5.96 Å². The number of benzene rings is 1. The number of nitrogens with one attached hydrogen (secondary N) is 2. The maximum atomic E-state index is 5.39. The Hall–Kier alpha value is -1.68. The molecule has 1 atom stereocenters. The van der Waals surface area contributed by atoms with E-state index in [0.717, 1.165) is 49.2 Å². The van der Waals surface area contributed by atoms with Gasteiger partial charge in [0.25, 0.3) is 0 Å². The zero-order valence-electron chi connectivity index (χ0n) is 16.8. The van der Waals surface area contributed by atoms with Gasteiger partial charge in [-0.3, -0.25) is 4.99 Å². The number of aryl methyl sites for hydroxylation is 1. The third-order valence-corrected chi connectivity index (χ3v) is 5.86. The normalized spacial score (nSPS) is 16.5. The molecule has 0 bridgehead atoms. The van der Waals surface area contributed by atoms with Gasteiger partial charge in [-0.05, 0) is 30.4 Å². The lowest BCUT2D eigenvalue weighted by Gasteiger charge is -2.21. The van der Waals surface area contributed by atoms with Crippen molar-refractivity contribution < 1.29 is 9.47 Å². The Kier molecular flexibility index (Phi) is 8.68. The van der Waals surface area contributed by atoms with E-state index in [9.17, 15) is 0 Å². The number of anilines is 1. The zero-order chi connectivity index (χ0) is 19.2. The van der Waals surface area contributed by atoms with E-state index in [-0.39, 0.29) is 24.0 Å². The van der Waals surface area contributed by atoms with Crippen LogP contribution in [0.25, 0.3) is 0 Å². The molecule has 2 N–H and O–H groups in total. The second-order valence-electron chi connectivity index (χ2n) is 6.60. The van der Waals surface area contributed by atoms with Crippen LogP contribution in [0.4, 0.5) is 5.69 Å². The Balaban J connectivity index is 0.00000280. The number of methoxy groups -OCH3 is 2. The summed E-state index contributed by atoms with van der Waals surface area (Å²) in [5.74, 6) is 2.46. The molecule has 6 nitrogen and oxygen atoms in total. The van der Waals surface area contributed by atoms with Crippen LogP contribution in [0.1, 0.15) is 16.9 Å². The Morgan fingerprint density at radius 2 is 1.96 bits per heavy atom. The van der Waals surface area contributed by atoms with Gasteiger partial charge in [0.2, 0.25) is 0 Å². The monoisotopic (exact) mass is 516 g/mol. The Morgan fingerprint density at radius 3 is 2.54 bits per heavy atom. The smallest absolute Gasteiger partial charge is 0.191 e. The summed E-state index contributed by atoms with van der Waals surface area (Å²) in [4.78, 5) is 8.06. The van der Waals surface area contributed by atoms with Crippen molar-refractivity contribution >= 4 is 47.0 Å². The van der Waals surface area contributed by atoms with Crippen LogP contribution in [0, 0.1) is 6.92 Å². The van der Waals surface area contributed by atoms with E-state index in [1.54, 1.807) is 25.6 Å². The van der Waals surface area contributed by atoms with E-state index >= 15 is 0 Å². The Bertz CT molecular complexity index is 774. The Morgan fingerprint density at radius 1 is 1.25 bits per heavy atom. The second kappa shape index (κ2) is 10.8. The quantitative estimate of drug-likeness (QED) is 0.349. The number of rotatable bonds is 6. The van der Waals surface area contributed by atoms with E-state index in [4.69, 9.17) is 9.47 Å². The number of guanidine groups is 1. The van der Waals surface area contributed by atoms with Crippen molar-refractivity contribution in [2.75, 3.05) is 39.3 Å². The summed E-state index contributed by atoms with van der Waals surface area (Å²) in [5.41, 5.74) is 2.44. The minimum Gasteiger partial charge on any atom is -0.497 e. The van der Waals surface area contributed by atoms with Crippen LogP contribution in [0.5, 0.6) is 11.5 Å². The topological polar surface area (TPSA) is 58.1 Å². The molecule has 0 radical (unpaired) electrons. The summed E-state index contributed by atoms with van der Waals surface area (Å²) >= 11 is 1.77. The molecule has 1 unspecified atom stereocenters. The maximum absolute atomic E-state index is 5.39. The first-order valence-electron chi connectivity index (χ1n) is 9.11. The highest BCUT2D eigenvalue weighted by Crippen LogP contribution is 2.30. The van der Waals surface area contributed by atoms with Gasteiger partial charge in [-0.25, -0.2) is 0 Å². The fourth-order valence-corrected chi connectivity index (χ4v) is 4.07. The van der Waals surface area contributed by atoms with Gasteiger partial charge in [-0.1, -0.05) is 0 Å². The predicted octanol–water partition coefficient (Wildman–Crippen LogP) is 3.64. The van der Waals surface area contributed by atoms with Crippen LogP contribution >= 0.6 is 35.3 Å². The van der Waals surface area contributed by atoms with E-state index in [1.807, 2.05) is 13.1 Å². The van der Waals surface area contributed by atoms with Crippen LogP contribution in [-0.2, 0) is 6.54 Å². The molecular weight excluding hydrogens is 487 g/mol. The molecule has 1 fully saturated rings. The molecule has 2 heterocycles. The molecule has 1 aromatic carbocycles. The fourth-order valence-electron chi connectivity index (χ4n) is 3.22. The van der Waals surface area contributed by atoms with E-state index in [1.165, 1.54) is 10.4 Å². The number of hydrogen-bond acceptors (Lipinski definition) is 5. The summed E-state index contributed by atoms with van der Waals surface area (Å²) in [6.07, 6.45) is 1.05. The van der Waals surface area contributed by atoms with Crippen LogP contribution < -0.4 is 25.0 Å². The highest BCUT2D eigenvalue weighted by atomic mass is 127. The number of ether oxygens (including phenoxy) is 2. The summed E-state index contributed by atoms with van der Waals surface area (Å²) in [5, 5.41) is 9.09. The lowest BCUT2D eigenvalue weighted by Crippen LogP contribution is -2.44. The minimum absolute atomic E-state index is 0. The molecule has 0 saturated carbocycles. The highest BCUT2D eigenvalue weighted by Gasteiger charge is 2.24. The summed E-state index contributed by atoms with van der Waals surface area (Å²) in [7, 11) is 5.17. The molecule has 0 amide bonds. The number of thiophene rings is 1. The van der Waals surface area contributed by atoms with Crippen LogP contribution in [-0.4, -0.2) is 46.4 Å². The zero-order valence-corrected chi connectivity index (χ0v) is 20.0. The molecule has 1 aliphatic heterocycles. The molecule has 8 heteroatoms. The summed E-state index contributed by atoms with van der Waals surface area (Å²) < 4.78 is 10.8. The number of aliphatic imine (C=N–C) groups is 1. The third kappa shape index (κ3) is 5.66. The molecule has 3 rings (SSSR count). The van der Waals surface area contributed by atoms with Crippen molar-refractivity contribution in [3.05, 3.63) is 40.1 Å². The molecule has 0 spiro atoms. The van der Waals surface area contributed by atoms with Crippen molar-refractivity contribution in [1.29, 1.82) is 0 Å². The molecule has 1 aromatic heterocycles. The second-order valence-corrected chi connectivity index (χ2v) is 7.60. The molecule has 1 saturated heterocycles. The lowest BCUT2D eigenvalue weighted by atomic mass is 10.2. The lowest BCUT2D eigenvalue weighted by molar-refractivity contribution is 0.394. The van der Waals surface area contributed by atoms with Gasteiger partial charge in [-0.15, -0.1) is 35.3 Å². The van der Waals surface area contributed by atoms with Gasteiger partial charge in [0.05, 0.1) is 20.8 Å². The van der Waals surface area contributed by atoms with Crippen molar-refractivity contribution in [1.82, 2.24) is 10.6 Å². The molecule has 2 aromatic rings. The van der Waals surface area contributed by atoms with Gasteiger partial charge in [0, 0.05) is 54.9 Å². The first-order chi connectivity index (χ1) is 13.1. The third-order valence-electron chi connectivity index (χ3n) is 4.84. The van der Waals surface area contributed by atoms with Crippen molar-refractivity contribution in [2.24, 2.45) is 4.99 Å². The van der Waals surface area contributed by atoms with Crippen LogP contribution in [0.3, 0.4) is 0 Å².